The molecule has 0 unspecified atom stereocenters. The number of carbonyl (C=O) groups excluding carboxylic acids is 2. The molecule has 0 heterocycles. The van der Waals surface area contributed by atoms with Crippen molar-refractivity contribution in [1.29, 1.82) is 0 Å². The summed E-state index contributed by atoms with van der Waals surface area (Å²) in [4.78, 5) is 25.8. The lowest BCUT2D eigenvalue weighted by Gasteiger charge is -2.23. The van der Waals surface area contributed by atoms with Crippen molar-refractivity contribution in [2.24, 2.45) is 0 Å². The number of hydrogen-bond acceptors (Lipinski definition) is 5. The smallest absolute Gasteiger partial charge is 0.309 e. The highest BCUT2D eigenvalue weighted by atomic mass is 16.5. The zero-order chi connectivity index (χ0) is 21.4. The molecule has 0 spiro atoms. The minimum absolute atomic E-state index is 0.0485. The number of carbonyl (C=O) groups is 2. The van der Waals surface area contributed by atoms with Crippen LogP contribution in [0.15, 0.2) is 36.4 Å². The number of likely N-dealkylation sites (N-methyl/N-ethyl adjacent to an activating group) is 1. The molecular weight excluding hydrogens is 370 g/mol. The monoisotopic (exact) mass is 399 g/mol. The van der Waals surface area contributed by atoms with Gasteiger partial charge in [0.15, 0.2) is 0 Å². The van der Waals surface area contributed by atoms with E-state index in [0.29, 0.717) is 18.8 Å². The molecule has 0 aliphatic heterocycles. The number of hydrogen-bond donors (Lipinski definition) is 0. The Morgan fingerprint density at radius 3 is 2.38 bits per heavy atom. The molecule has 0 saturated heterocycles. The fraction of sp³-hybridized carbons (Fsp3) is 0.391. The van der Waals surface area contributed by atoms with E-state index in [1.54, 1.807) is 12.0 Å². The van der Waals surface area contributed by atoms with E-state index < -0.39 is 0 Å². The molecule has 0 fully saturated rings. The van der Waals surface area contributed by atoms with Crippen LogP contribution in [0.5, 0.6) is 5.75 Å². The van der Waals surface area contributed by atoms with Crippen LogP contribution in [0.2, 0.25) is 0 Å². The Labute approximate surface area is 172 Å². The Balaban J connectivity index is 2.50. The van der Waals surface area contributed by atoms with E-state index >= 15 is 0 Å². The minimum atomic E-state index is -0.299. The van der Waals surface area contributed by atoms with Crippen molar-refractivity contribution in [3.63, 3.8) is 0 Å². The van der Waals surface area contributed by atoms with Gasteiger partial charge < -0.3 is 19.1 Å². The van der Waals surface area contributed by atoms with Crippen molar-refractivity contribution in [3.8, 4) is 16.9 Å². The van der Waals surface area contributed by atoms with Crippen LogP contribution < -0.4 is 4.74 Å². The van der Waals surface area contributed by atoms with Gasteiger partial charge in [-0.25, -0.2) is 0 Å². The first-order valence-corrected chi connectivity index (χ1v) is 9.53. The first kappa shape index (κ1) is 22.4. The van der Waals surface area contributed by atoms with Crippen molar-refractivity contribution in [2.45, 2.75) is 26.8 Å². The largest absolute Gasteiger partial charge is 0.496 e. The summed E-state index contributed by atoms with van der Waals surface area (Å²) in [5, 5.41) is 0. The molecule has 2 aromatic carbocycles. The van der Waals surface area contributed by atoms with Gasteiger partial charge in [-0.3, -0.25) is 9.59 Å². The summed E-state index contributed by atoms with van der Waals surface area (Å²) in [6, 6.07) is 11.8. The first-order valence-electron chi connectivity index (χ1n) is 9.53. The van der Waals surface area contributed by atoms with Crippen LogP contribution in [0, 0.1) is 6.92 Å². The zero-order valence-electron chi connectivity index (χ0n) is 17.8. The molecule has 0 atom stereocenters. The maximum atomic E-state index is 12.4. The highest BCUT2D eigenvalue weighted by Crippen LogP contribution is 2.34. The Morgan fingerprint density at radius 2 is 1.76 bits per heavy atom. The molecule has 1 amide bonds. The van der Waals surface area contributed by atoms with E-state index in [-0.39, 0.29) is 24.9 Å². The van der Waals surface area contributed by atoms with Crippen LogP contribution in [0.1, 0.15) is 23.6 Å². The Hall–Kier alpha value is -2.86. The SMILES string of the molecule is CCN(Cc1cc(C)ccc1-c1cc(CC(=O)OC)ccc1OC)C(=O)COC. The van der Waals surface area contributed by atoms with Gasteiger partial charge in [0, 0.05) is 25.8 Å². The van der Waals surface area contributed by atoms with Crippen molar-refractivity contribution in [2.75, 3.05) is 34.5 Å². The van der Waals surface area contributed by atoms with Gasteiger partial charge in [-0.1, -0.05) is 29.8 Å². The summed E-state index contributed by atoms with van der Waals surface area (Å²) in [5.74, 6) is 0.344. The number of aryl methyl sites for hydroxylation is 1. The third-order valence-electron chi connectivity index (χ3n) is 4.75. The van der Waals surface area contributed by atoms with E-state index in [9.17, 15) is 9.59 Å². The molecule has 0 N–H and O–H groups in total. The van der Waals surface area contributed by atoms with Crippen molar-refractivity contribution >= 4 is 11.9 Å². The van der Waals surface area contributed by atoms with Gasteiger partial charge in [0.1, 0.15) is 12.4 Å². The van der Waals surface area contributed by atoms with Crippen molar-refractivity contribution in [1.82, 2.24) is 4.90 Å². The summed E-state index contributed by atoms with van der Waals surface area (Å²) in [7, 11) is 4.51. The molecule has 0 radical (unpaired) electrons. The molecule has 2 aromatic rings. The lowest BCUT2D eigenvalue weighted by molar-refractivity contribution is -0.139. The number of benzene rings is 2. The summed E-state index contributed by atoms with van der Waals surface area (Å²) < 4.78 is 15.4. The van der Waals surface area contributed by atoms with E-state index in [1.807, 2.05) is 44.2 Å². The van der Waals surface area contributed by atoms with E-state index in [0.717, 1.165) is 27.8 Å². The molecule has 6 nitrogen and oxygen atoms in total. The molecule has 0 bridgehead atoms. The summed E-state index contributed by atoms with van der Waals surface area (Å²) >= 11 is 0. The number of nitrogens with zero attached hydrogens (tertiary/aromatic N) is 1. The second kappa shape index (κ2) is 10.6. The fourth-order valence-electron chi connectivity index (χ4n) is 3.23. The van der Waals surface area contributed by atoms with Crippen LogP contribution in [0.4, 0.5) is 0 Å². The van der Waals surface area contributed by atoms with Crippen LogP contribution in [0.3, 0.4) is 0 Å². The molecule has 0 aliphatic rings. The minimum Gasteiger partial charge on any atom is -0.496 e. The first-order chi connectivity index (χ1) is 13.9. The predicted molar refractivity (Wildman–Crippen MR) is 112 cm³/mol. The third kappa shape index (κ3) is 5.81. The number of esters is 1. The molecule has 0 aromatic heterocycles. The lowest BCUT2D eigenvalue weighted by Crippen LogP contribution is -2.33. The number of rotatable bonds is 9. The highest BCUT2D eigenvalue weighted by Gasteiger charge is 2.17. The quantitative estimate of drug-likeness (QED) is 0.605. The average molecular weight is 399 g/mol. The van der Waals surface area contributed by atoms with Gasteiger partial charge in [-0.05, 0) is 42.7 Å². The molecule has 0 aliphatic carbocycles. The maximum Gasteiger partial charge on any atom is 0.309 e. The Kier molecular flexibility index (Phi) is 8.21. The topological polar surface area (TPSA) is 65.1 Å². The molecule has 6 heteroatoms. The van der Waals surface area contributed by atoms with Gasteiger partial charge in [-0.2, -0.15) is 0 Å². The van der Waals surface area contributed by atoms with Crippen LogP contribution >= 0.6 is 0 Å². The van der Waals surface area contributed by atoms with Gasteiger partial charge in [0.25, 0.3) is 0 Å². The Bertz CT molecular complexity index is 862. The van der Waals surface area contributed by atoms with E-state index in [4.69, 9.17) is 14.2 Å². The molecular formula is C23H29NO5. The fourth-order valence-corrected chi connectivity index (χ4v) is 3.23. The number of amides is 1. The van der Waals surface area contributed by atoms with E-state index in [2.05, 4.69) is 6.07 Å². The van der Waals surface area contributed by atoms with Gasteiger partial charge in [0.05, 0.1) is 20.6 Å². The van der Waals surface area contributed by atoms with Gasteiger partial charge >= 0.3 is 5.97 Å². The Morgan fingerprint density at radius 1 is 1.00 bits per heavy atom. The summed E-state index contributed by atoms with van der Waals surface area (Å²) in [6.45, 7) is 5.05. The maximum absolute atomic E-state index is 12.4. The van der Waals surface area contributed by atoms with E-state index in [1.165, 1.54) is 14.2 Å². The number of ether oxygens (including phenoxy) is 3. The zero-order valence-corrected chi connectivity index (χ0v) is 17.8. The molecule has 0 saturated carbocycles. The van der Waals surface area contributed by atoms with Crippen LogP contribution in [-0.2, 0) is 32.0 Å². The normalized spacial score (nSPS) is 10.5. The van der Waals surface area contributed by atoms with Crippen LogP contribution in [-0.4, -0.2) is 51.3 Å². The molecule has 2 rings (SSSR count). The second-order valence-corrected chi connectivity index (χ2v) is 6.79. The summed E-state index contributed by atoms with van der Waals surface area (Å²) in [6.07, 6.45) is 0.183. The molecule has 29 heavy (non-hydrogen) atoms. The number of methoxy groups -OCH3 is 3. The standard InChI is InChI=1S/C23H29NO5/c1-6-24(22(25)15-27-3)14-18-11-16(2)7-9-19(18)20-12-17(13-23(26)29-5)8-10-21(20)28-4/h7-12H,6,13-15H2,1-5H3. The summed E-state index contributed by atoms with van der Waals surface area (Å²) in [5.41, 5.74) is 4.78. The highest BCUT2D eigenvalue weighted by molar-refractivity contribution is 5.79. The lowest BCUT2D eigenvalue weighted by atomic mass is 9.94. The van der Waals surface area contributed by atoms with Crippen molar-refractivity contribution in [3.05, 3.63) is 53.1 Å². The average Bonchev–Trinajstić information content (AvgIpc) is 2.72. The molecule has 156 valence electrons. The third-order valence-corrected chi connectivity index (χ3v) is 4.75. The predicted octanol–water partition coefficient (Wildman–Crippen LogP) is 3.38. The van der Waals surface area contributed by atoms with Gasteiger partial charge in [0.2, 0.25) is 5.91 Å². The van der Waals surface area contributed by atoms with Gasteiger partial charge in [-0.15, -0.1) is 0 Å². The van der Waals surface area contributed by atoms with Crippen LogP contribution in [0.25, 0.3) is 11.1 Å². The second-order valence-electron chi connectivity index (χ2n) is 6.79. The van der Waals surface area contributed by atoms with Crippen molar-refractivity contribution < 1.29 is 23.8 Å².